The molecule has 1 aliphatic heterocycles. The Morgan fingerprint density at radius 3 is 2.21 bits per heavy atom. The second kappa shape index (κ2) is 6.56. The summed E-state index contributed by atoms with van der Waals surface area (Å²) < 4.78 is 0. The average molecular weight is 257 g/mol. The van der Waals surface area contributed by atoms with Gasteiger partial charge in [-0.25, -0.2) is 0 Å². The van der Waals surface area contributed by atoms with Gasteiger partial charge in [0.25, 0.3) is 0 Å². The summed E-state index contributed by atoms with van der Waals surface area (Å²) >= 11 is 0. The van der Waals surface area contributed by atoms with Gasteiger partial charge in [-0.15, -0.1) is 0 Å². The molecule has 1 unspecified atom stereocenters. The third-order valence-corrected chi connectivity index (χ3v) is 4.95. The first-order valence-corrected chi connectivity index (χ1v) is 8.24. The molecule has 1 nitrogen and oxygen atoms in total. The van der Waals surface area contributed by atoms with Gasteiger partial charge in [-0.3, -0.25) is 0 Å². The summed E-state index contributed by atoms with van der Waals surface area (Å²) in [5.74, 6) is 0.834. The van der Waals surface area contributed by atoms with Gasteiger partial charge in [-0.05, 0) is 55.7 Å². The van der Waals surface area contributed by atoms with Crippen molar-refractivity contribution in [2.45, 2.75) is 69.7 Å². The van der Waals surface area contributed by atoms with Crippen molar-refractivity contribution in [3.63, 3.8) is 0 Å². The van der Waals surface area contributed by atoms with Gasteiger partial charge >= 0.3 is 0 Å². The maximum Gasteiger partial charge on any atom is 0.0108 e. The van der Waals surface area contributed by atoms with Gasteiger partial charge in [-0.2, -0.15) is 0 Å². The molecular formula is C18H27N. The first kappa shape index (κ1) is 13.2. The molecule has 1 heterocycles. The summed E-state index contributed by atoms with van der Waals surface area (Å²) in [6.07, 6.45) is 12.5. The van der Waals surface area contributed by atoms with Crippen molar-refractivity contribution in [2.75, 3.05) is 6.54 Å². The maximum absolute atomic E-state index is 3.59. The molecule has 0 aromatic heterocycles. The first-order chi connectivity index (χ1) is 9.42. The molecular weight excluding hydrogens is 230 g/mol. The zero-order chi connectivity index (χ0) is 12.9. The average Bonchev–Trinajstić information content (AvgIpc) is 2.80. The van der Waals surface area contributed by atoms with Crippen LogP contribution in [-0.4, -0.2) is 12.6 Å². The van der Waals surface area contributed by atoms with E-state index in [9.17, 15) is 0 Å². The molecule has 2 fully saturated rings. The molecule has 0 spiro atoms. The highest BCUT2D eigenvalue weighted by Gasteiger charge is 2.16. The summed E-state index contributed by atoms with van der Waals surface area (Å²) in [5.41, 5.74) is 3.10. The molecule has 0 radical (unpaired) electrons. The van der Waals surface area contributed by atoms with Crippen LogP contribution in [0.5, 0.6) is 0 Å². The molecule has 1 saturated heterocycles. The Morgan fingerprint density at radius 1 is 0.842 bits per heavy atom. The van der Waals surface area contributed by atoms with Crippen LogP contribution in [0.15, 0.2) is 24.3 Å². The van der Waals surface area contributed by atoms with Crippen LogP contribution in [0.3, 0.4) is 0 Å². The molecule has 1 heteroatoms. The van der Waals surface area contributed by atoms with Crippen molar-refractivity contribution in [2.24, 2.45) is 0 Å². The molecule has 2 aliphatic rings. The minimum Gasteiger partial charge on any atom is -0.314 e. The smallest absolute Gasteiger partial charge is 0.0108 e. The van der Waals surface area contributed by atoms with Gasteiger partial charge in [0.1, 0.15) is 0 Å². The summed E-state index contributed by atoms with van der Waals surface area (Å²) in [6.45, 7) is 1.21. The van der Waals surface area contributed by atoms with E-state index in [0.717, 1.165) is 12.0 Å². The van der Waals surface area contributed by atoms with Gasteiger partial charge in [0.15, 0.2) is 0 Å². The Hall–Kier alpha value is -0.820. The van der Waals surface area contributed by atoms with Crippen LogP contribution in [0.25, 0.3) is 0 Å². The molecule has 1 atom stereocenters. The van der Waals surface area contributed by atoms with Crippen molar-refractivity contribution in [3.05, 3.63) is 35.4 Å². The van der Waals surface area contributed by atoms with Crippen LogP contribution in [0.2, 0.25) is 0 Å². The second-order valence-electron chi connectivity index (χ2n) is 6.43. The SMILES string of the molecule is c1cc(C2CCCCCC2)ccc1CC1CCCN1. The standard InChI is InChI=1S/C18H27N/c1-2-4-7-16(6-3-1)17-11-9-15(10-12-17)14-18-8-5-13-19-18/h9-12,16,18-19H,1-8,13-14H2. The Bertz CT molecular complexity index is 367. The Balaban J connectivity index is 1.60. The normalized spacial score (nSPS) is 25.4. The quantitative estimate of drug-likeness (QED) is 0.790. The fourth-order valence-electron chi connectivity index (χ4n) is 3.75. The summed E-state index contributed by atoms with van der Waals surface area (Å²) in [7, 11) is 0. The van der Waals surface area contributed by atoms with Gasteiger partial charge in [0.05, 0.1) is 0 Å². The van der Waals surface area contributed by atoms with E-state index < -0.39 is 0 Å². The molecule has 1 aromatic rings. The lowest BCUT2D eigenvalue weighted by molar-refractivity contribution is 0.589. The molecule has 3 rings (SSSR count). The van der Waals surface area contributed by atoms with Crippen molar-refractivity contribution in [1.82, 2.24) is 5.32 Å². The van der Waals surface area contributed by atoms with Crippen molar-refractivity contribution < 1.29 is 0 Å². The molecule has 1 aromatic carbocycles. The fraction of sp³-hybridized carbons (Fsp3) is 0.667. The number of benzene rings is 1. The monoisotopic (exact) mass is 257 g/mol. The van der Waals surface area contributed by atoms with E-state index in [4.69, 9.17) is 0 Å². The summed E-state index contributed by atoms with van der Waals surface area (Å²) in [6, 6.07) is 10.3. The molecule has 19 heavy (non-hydrogen) atoms. The Labute approximate surface area is 117 Å². The van der Waals surface area contributed by atoms with Crippen LogP contribution >= 0.6 is 0 Å². The summed E-state index contributed by atoms with van der Waals surface area (Å²) in [4.78, 5) is 0. The topological polar surface area (TPSA) is 12.0 Å². The highest BCUT2D eigenvalue weighted by molar-refractivity contribution is 5.26. The highest BCUT2D eigenvalue weighted by Crippen LogP contribution is 2.31. The van der Waals surface area contributed by atoms with E-state index in [1.54, 1.807) is 5.56 Å². The van der Waals surface area contributed by atoms with Crippen LogP contribution in [0.4, 0.5) is 0 Å². The van der Waals surface area contributed by atoms with E-state index in [-0.39, 0.29) is 0 Å². The van der Waals surface area contributed by atoms with Crippen LogP contribution in [0.1, 0.15) is 68.4 Å². The van der Waals surface area contributed by atoms with Gasteiger partial charge in [-0.1, -0.05) is 49.9 Å². The second-order valence-corrected chi connectivity index (χ2v) is 6.43. The van der Waals surface area contributed by atoms with Gasteiger partial charge in [0, 0.05) is 6.04 Å². The third-order valence-electron chi connectivity index (χ3n) is 4.95. The molecule has 1 aliphatic carbocycles. The van der Waals surface area contributed by atoms with E-state index in [0.29, 0.717) is 0 Å². The number of hydrogen-bond acceptors (Lipinski definition) is 1. The van der Waals surface area contributed by atoms with Crippen molar-refractivity contribution in [3.8, 4) is 0 Å². The predicted octanol–water partition coefficient (Wildman–Crippen LogP) is 4.42. The van der Waals surface area contributed by atoms with Gasteiger partial charge in [0.2, 0.25) is 0 Å². The molecule has 0 bridgehead atoms. The molecule has 1 saturated carbocycles. The Kier molecular flexibility index (Phi) is 4.55. The lowest BCUT2D eigenvalue weighted by Gasteiger charge is -2.16. The summed E-state index contributed by atoms with van der Waals surface area (Å²) in [5, 5.41) is 3.59. The molecule has 0 amide bonds. The van der Waals surface area contributed by atoms with E-state index in [1.165, 1.54) is 69.9 Å². The van der Waals surface area contributed by atoms with Crippen LogP contribution in [-0.2, 0) is 6.42 Å². The number of nitrogens with one attached hydrogen (secondary N) is 1. The van der Waals surface area contributed by atoms with Crippen molar-refractivity contribution in [1.29, 1.82) is 0 Å². The minimum atomic E-state index is 0.726. The fourth-order valence-corrected chi connectivity index (χ4v) is 3.75. The van der Waals surface area contributed by atoms with Crippen molar-refractivity contribution >= 4 is 0 Å². The van der Waals surface area contributed by atoms with Crippen LogP contribution < -0.4 is 5.32 Å². The zero-order valence-corrected chi connectivity index (χ0v) is 12.0. The van der Waals surface area contributed by atoms with Crippen LogP contribution in [0, 0.1) is 0 Å². The number of rotatable bonds is 3. The lowest BCUT2D eigenvalue weighted by atomic mass is 9.90. The Morgan fingerprint density at radius 2 is 1.58 bits per heavy atom. The minimum absolute atomic E-state index is 0.726. The highest BCUT2D eigenvalue weighted by atomic mass is 14.9. The zero-order valence-electron chi connectivity index (χ0n) is 12.0. The van der Waals surface area contributed by atoms with E-state index in [1.807, 2.05) is 0 Å². The third kappa shape index (κ3) is 3.60. The molecule has 1 N–H and O–H groups in total. The van der Waals surface area contributed by atoms with E-state index in [2.05, 4.69) is 29.6 Å². The van der Waals surface area contributed by atoms with Gasteiger partial charge < -0.3 is 5.32 Å². The largest absolute Gasteiger partial charge is 0.314 e. The lowest BCUT2D eigenvalue weighted by Crippen LogP contribution is -2.23. The molecule has 104 valence electrons. The first-order valence-electron chi connectivity index (χ1n) is 8.24. The predicted molar refractivity (Wildman–Crippen MR) is 81.6 cm³/mol. The maximum atomic E-state index is 3.59. The number of hydrogen-bond donors (Lipinski definition) is 1. The van der Waals surface area contributed by atoms with E-state index >= 15 is 0 Å².